The van der Waals surface area contributed by atoms with Crippen molar-refractivity contribution < 1.29 is 5.11 Å². The minimum absolute atomic E-state index is 0.577. The molecule has 0 aliphatic heterocycles. The molecule has 2 aromatic heterocycles. The summed E-state index contributed by atoms with van der Waals surface area (Å²) in [4.78, 5) is 4.68. The van der Waals surface area contributed by atoms with Gasteiger partial charge in [-0.2, -0.15) is 9.61 Å². The third-order valence-corrected chi connectivity index (χ3v) is 4.85. The molecule has 0 spiro atoms. The highest BCUT2D eigenvalue weighted by atomic mass is 16.3. The monoisotopic (exact) mass is 302 g/mol. The number of aryl methyl sites for hydroxylation is 3. The predicted octanol–water partition coefficient (Wildman–Crippen LogP) is 3.02. The Labute approximate surface area is 131 Å². The molecule has 22 heavy (non-hydrogen) atoms. The van der Waals surface area contributed by atoms with Gasteiger partial charge in [-0.15, -0.1) is 0 Å². The number of anilines is 1. The number of fused-ring (bicyclic) bond motifs is 1. The molecule has 1 fully saturated rings. The first kappa shape index (κ1) is 15.3. The van der Waals surface area contributed by atoms with E-state index < -0.39 is 5.60 Å². The average molecular weight is 302 g/mol. The molecule has 2 heterocycles. The van der Waals surface area contributed by atoms with Gasteiger partial charge in [0.15, 0.2) is 5.65 Å². The summed E-state index contributed by atoms with van der Waals surface area (Å²) in [6.45, 7) is 6.75. The molecule has 2 aromatic rings. The molecule has 0 amide bonds. The van der Waals surface area contributed by atoms with Crippen LogP contribution in [-0.2, 0) is 6.42 Å². The first-order valence-electron chi connectivity index (χ1n) is 8.34. The quantitative estimate of drug-likeness (QED) is 0.911. The van der Waals surface area contributed by atoms with E-state index in [0.717, 1.165) is 60.5 Å². The predicted molar refractivity (Wildman–Crippen MR) is 88.4 cm³/mol. The van der Waals surface area contributed by atoms with E-state index in [1.54, 1.807) is 0 Å². The molecule has 120 valence electrons. The molecular formula is C17H26N4O. The second-order valence-electron chi connectivity index (χ2n) is 6.57. The molecule has 5 nitrogen and oxygen atoms in total. The van der Waals surface area contributed by atoms with Crippen molar-refractivity contribution in [1.82, 2.24) is 14.6 Å². The van der Waals surface area contributed by atoms with E-state index in [1.807, 2.05) is 17.5 Å². The zero-order valence-electron chi connectivity index (χ0n) is 13.8. The van der Waals surface area contributed by atoms with Gasteiger partial charge in [0.05, 0.1) is 11.3 Å². The summed E-state index contributed by atoms with van der Waals surface area (Å²) >= 11 is 0. The fraction of sp³-hybridized carbons (Fsp3) is 0.647. The Kier molecular flexibility index (Phi) is 4.08. The number of nitrogens with zero attached hydrogens (tertiary/aromatic N) is 3. The normalized spacial score (nSPS) is 17.8. The second-order valence-corrected chi connectivity index (χ2v) is 6.57. The number of hydrogen-bond acceptors (Lipinski definition) is 4. The van der Waals surface area contributed by atoms with Crippen molar-refractivity contribution in [3.63, 3.8) is 0 Å². The minimum atomic E-state index is -0.586. The van der Waals surface area contributed by atoms with Crippen molar-refractivity contribution in [2.24, 2.45) is 0 Å². The van der Waals surface area contributed by atoms with Crippen molar-refractivity contribution in [1.29, 1.82) is 0 Å². The average Bonchev–Trinajstić information content (AvgIpc) is 2.81. The van der Waals surface area contributed by atoms with E-state index in [9.17, 15) is 5.11 Å². The topological polar surface area (TPSA) is 62.5 Å². The highest BCUT2D eigenvalue weighted by molar-refractivity contribution is 5.56. The van der Waals surface area contributed by atoms with Crippen LogP contribution in [0.1, 0.15) is 56.0 Å². The molecule has 1 saturated carbocycles. The Morgan fingerprint density at radius 3 is 2.68 bits per heavy atom. The fourth-order valence-corrected chi connectivity index (χ4v) is 3.23. The molecule has 3 rings (SSSR count). The maximum atomic E-state index is 10.7. The second kappa shape index (κ2) is 5.88. The smallest absolute Gasteiger partial charge is 0.160 e. The van der Waals surface area contributed by atoms with Gasteiger partial charge in [-0.1, -0.05) is 26.2 Å². The molecule has 0 bridgehead atoms. The highest BCUT2D eigenvalue weighted by Crippen LogP contribution is 2.28. The lowest BCUT2D eigenvalue weighted by Gasteiger charge is -2.32. The maximum Gasteiger partial charge on any atom is 0.160 e. The van der Waals surface area contributed by atoms with Crippen LogP contribution in [-0.4, -0.2) is 31.9 Å². The number of nitrogens with one attached hydrogen (secondary N) is 1. The lowest BCUT2D eigenvalue weighted by atomic mass is 9.85. The van der Waals surface area contributed by atoms with Crippen LogP contribution in [0, 0.1) is 13.8 Å². The van der Waals surface area contributed by atoms with Crippen molar-refractivity contribution in [2.45, 2.75) is 64.9 Å². The summed E-state index contributed by atoms with van der Waals surface area (Å²) in [6.07, 6.45) is 6.12. The molecular weight excluding hydrogens is 276 g/mol. The van der Waals surface area contributed by atoms with Crippen LogP contribution >= 0.6 is 0 Å². The van der Waals surface area contributed by atoms with Gasteiger partial charge >= 0.3 is 0 Å². The highest BCUT2D eigenvalue weighted by Gasteiger charge is 2.29. The van der Waals surface area contributed by atoms with Crippen molar-refractivity contribution >= 4 is 11.5 Å². The van der Waals surface area contributed by atoms with Crippen LogP contribution in [0.25, 0.3) is 5.65 Å². The largest absolute Gasteiger partial charge is 0.388 e. The van der Waals surface area contributed by atoms with Crippen LogP contribution < -0.4 is 5.32 Å². The summed E-state index contributed by atoms with van der Waals surface area (Å²) in [5, 5.41) is 18.7. The van der Waals surface area contributed by atoms with Crippen molar-refractivity contribution in [3.8, 4) is 0 Å². The number of rotatable bonds is 4. The van der Waals surface area contributed by atoms with Crippen LogP contribution in [0.2, 0.25) is 0 Å². The zero-order valence-corrected chi connectivity index (χ0v) is 13.8. The maximum absolute atomic E-state index is 10.7. The lowest BCUT2D eigenvalue weighted by molar-refractivity contribution is 0.0166. The molecule has 0 atom stereocenters. The van der Waals surface area contributed by atoms with Gasteiger partial charge in [-0.25, -0.2) is 4.98 Å². The van der Waals surface area contributed by atoms with E-state index in [1.165, 1.54) is 6.42 Å². The van der Waals surface area contributed by atoms with Gasteiger partial charge in [0, 0.05) is 23.9 Å². The summed E-state index contributed by atoms with van der Waals surface area (Å²) < 4.78 is 1.87. The van der Waals surface area contributed by atoms with Gasteiger partial charge in [-0.05, 0) is 33.1 Å². The third kappa shape index (κ3) is 2.82. The van der Waals surface area contributed by atoms with Crippen LogP contribution in [0.5, 0.6) is 0 Å². The van der Waals surface area contributed by atoms with Gasteiger partial charge in [0.2, 0.25) is 0 Å². The molecule has 5 heteroatoms. The van der Waals surface area contributed by atoms with Crippen molar-refractivity contribution in [2.75, 3.05) is 11.9 Å². The van der Waals surface area contributed by atoms with Crippen LogP contribution in [0.3, 0.4) is 0 Å². The number of aromatic nitrogens is 3. The molecule has 0 saturated heterocycles. The van der Waals surface area contributed by atoms with Crippen LogP contribution in [0.4, 0.5) is 5.82 Å². The van der Waals surface area contributed by atoms with Gasteiger partial charge in [-0.3, -0.25) is 0 Å². The zero-order chi connectivity index (χ0) is 15.7. The Morgan fingerprint density at radius 1 is 1.27 bits per heavy atom. The van der Waals surface area contributed by atoms with E-state index in [2.05, 4.69) is 29.2 Å². The number of hydrogen-bond donors (Lipinski definition) is 2. The van der Waals surface area contributed by atoms with Crippen molar-refractivity contribution in [3.05, 3.63) is 23.0 Å². The van der Waals surface area contributed by atoms with E-state index in [-0.39, 0.29) is 0 Å². The summed E-state index contributed by atoms with van der Waals surface area (Å²) in [5.74, 6) is 0.928. The Hall–Kier alpha value is -1.62. The SMILES string of the molecule is CCc1cc(NCC2(O)CCCCC2)n2nc(C)c(C)c2n1. The van der Waals surface area contributed by atoms with E-state index in [0.29, 0.717) is 6.54 Å². The first-order chi connectivity index (χ1) is 10.5. The van der Waals surface area contributed by atoms with Crippen LogP contribution in [0.15, 0.2) is 6.07 Å². The standard InChI is InChI=1S/C17H26N4O/c1-4-14-10-15(18-11-17(22)8-6-5-7-9-17)21-16(19-14)12(2)13(3)20-21/h10,18,22H,4-9,11H2,1-3H3. The summed E-state index contributed by atoms with van der Waals surface area (Å²) in [6, 6.07) is 2.05. The molecule has 1 aliphatic carbocycles. The third-order valence-electron chi connectivity index (χ3n) is 4.85. The lowest BCUT2D eigenvalue weighted by Crippen LogP contribution is -2.39. The molecule has 2 N–H and O–H groups in total. The Balaban J connectivity index is 1.90. The van der Waals surface area contributed by atoms with E-state index >= 15 is 0 Å². The van der Waals surface area contributed by atoms with E-state index in [4.69, 9.17) is 0 Å². The Bertz CT molecular complexity index is 671. The molecule has 0 unspecified atom stereocenters. The number of aliphatic hydroxyl groups is 1. The van der Waals surface area contributed by atoms with Gasteiger partial charge < -0.3 is 10.4 Å². The summed E-state index contributed by atoms with van der Waals surface area (Å²) in [5.41, 5.74) is 3.50. The summed E-state index contributed by atoms with van der Waals surface area (Å²) in [7, 11) is 0. The van der Waals surface area contributed by atoms with Gasteiger partial charge in [0.25, 0.3) is 0 Å². The molecule has 1 aliphatic rings. The fourth-order valence-electron chi connectivity index (χ4n) is 3.23. The van der Waals surface area contributed by atoms with Gasteiger partial charge in [0.1, 0.15) is 5.82 Å². The molecule has 0 aromatic carbocycles. The minimum Gasteiger partial charge on any atom is -0.388 e. The first-order valence-corrected chi connectivity index (χ1v) is 8.34. The molecule has 0 radical (unpaired) electrons. The Morgan fingerprint density at radius 2 is 2.00 bits per heavy atom.